The smallest absolute Gasteiger partial charge is 0.299 e. The molecule has 0 spiro atoms. The van der Waals surface area contributed by atoms with Crippen molar-refractivity contribution in [3.05, 3.63) is 41.5 Å². The molecule has 0 bridgehead atoms. The molecule has 0 radical (unpaired) electrons. The van der Waals surface area contributed by atoms with Gasteiger partial charge in [-0.1, -0.05) is 11.2 Å². The van der Waals surface area contributed by atoms with Crippen LogP contribution in [0.3, 0.4) is 0 Å². The molecule has 0 aliphatic rings. The van der Waals surface area contributed by atoms with E-state index in [9.17, 15) is 4.79 Å². The van der Waals surface area contributed by atoms with Crippen LogP contribution in [0.15, 0.2) is 29.2 Å². The molecule has 8 heteroatoms. The van der Waals surface area contributed by atoms with Crippen molar-refractivity contribution < 1.29 is 19.4 Å². The average Bonchev–Trinajstić information content (AvgIpc) is 2.88. The van der Waals surface area contributed by atoms with E-state index >= 15 is 0 Å². The van der Waals surface area contributed by atoms with Gasteiger partial charge in [0, 0.05) is 12.4 Å². The van der Waals surface area contributed by atoms with Gasteiger partial charge in [-0.3, -0.25) is 14.6 Å². The summed E-state index contributed by atoms with van der Waals surface area (Å²) in [6.45, 7) is -0.270. The topological polar surface area (TPSA) is 110 Å². The molecule has 0 saturated carbocycles. The number of carbonyl (C=O) groups excluding carboxylic acids is 1. The van der Waals surface area contributed by atoms with Crippen molar-refractivity contribution in [1.82, 2.24) is 20.8 Å². The van der Waals surface area contributed by atoms with Gasteiger partial charge in [0.1, 0.15) is 12.3 Å². The second kappa shape index (κ2) is 5.84. The molecule has 0 atom stereocenters. The molecule has 2 N–H and O–H groups in total. The predicted molar refractivity (Wildman–Crippen MR) is 56.7 cm³/mol. The molecule has 0 saturated heterocycles. The minimum atomic E-state index is -0.635. The van der Waals surface area contributed by atoms with Crippen LogP contribution in [0.25, 0.3) is 0 Å². The Bertz CT molecular complexity index is 514. The normalized spacial score (nSPS) is 10.3. The van der Waals surface area contributed by atoms with Crippen LogP contribution in [0.5, 0.6) is 0 Å². The SMILES string of the molecule is O=C(NOCc1cccnc1)c1nonc1CO. The first-order valence-corrected chi connectivity index (χ1v) is 5.04. The minimum Gasteiger partial charge on any atom is -0.390 e. The third-order valence-corrected chi connectivity index (χ3v) is 2.05. The summed E-state index contributed by atoms with van der Waals surface area (Å²) < 4.78 is 4.34. The zero-order chi connectivity index (χ0) is 12.8. The fourth-order valence-corrected chi connectivity index (χ4v) is 1.20. The lowest BCUT2D eigenvalue weighted by Gasteiger charge is -2.03. The van der Waals surface area contributed by atoms with Gasteiger partial charge in [-0.05, 0) is 16.8 Å². The number of aliphatic hydroxyl groups is 1. The van der Waals surface area contributed by atoms with E-state index in [0.29, 0.717) is 0 Å². The highest BCUT2D eigenvalue weighted by atomic mass is 16.7. The Morgan fingerprint density at radius 1 is 1.50 bits per heavy atom. The van der Waals surface area contributed by atoms with E-state index in [4.69, 9.17) is 9.94 Å². The molecule has 0 aliphatic carbocycles. The van der Waals surface area contributed by atoms with Crippen LogP contribution < -0.4 is 5.48 Å². The molecule has 2 aromatic rings. The van der Waals surface area contributed by atoms with E-state index in [-0.39, 0.29) is 18.0 Å². The number of carbonyl (C=O) groups is 1. The Morgan fingerprint density at radius 2 is 2.39 bits per heavy atom. The lowest BCUT2D eigenvalue weighted by atomic mass is 10.3. The number of aromatic nitrogens is 3. The maximum atomic E-state index is 11.6. The number of rotatable bonds is 5. The second-order valence-corrected chi connectivity index (χ2v) is 3.30. The van der Waals surface area contributed by atoms with Gasteiger partial charge in [0.05, 0.1) is 6.61 Å². The van der Waals surface area contributed by atoms with Gasteiger partial charge in [0.15, 0.2) is 5.69 Å². The van der Waals surface area contributed by atoms with Crippen molar-refractivity contribution in [2.75, 3.05) is 0 Å². The van der Waals surface area contributed by atoms with Crippen molar-refractivity contribution in [3.63, 3.8) is 0 Å². The summed E-state index contributed by atoms with van der Waals surface area (Å²) in [6, 6.07) is 3.56. The standard InChI is InChI=1S/C10H10N4O4/c15-5-8-9(13-18-12-8)10(16)14-17-6-7-2-1-3-11-4-7/h1-4,15H,5-6H2,(H,14,16). The van der Waals surface area contributed by atoms with Crippen LogP contribution in [-0.4, -0.2) is 26.3 Å². The zero-order valence-corrected chi connectivity index (χ0v) is 9.24. The minimum absolute atomic E-state index is 0.0532. The maximum Gasteiger partial charge on any atom is 0.299 e. The molecule has 2 heterocycles. The fourth-order valence-electron chi connectivity index (χ4n) is 1.20. The molecule has 94 valence electrons. The third-order valence-electron chi connectivity index (χ3n) is 2.05. The molecular weight excluding hydrogens is 240 g/mol. The summed E-state index contributed by atoms with van der Waals surface area (Å²) in [5, 5.41) is 15.6. The second-order valence-electron chi connectivity index (χ2n) is 3.30. The Balaban J connectivity index is 1.86. The molecule has 0 fully saturated rings. The lowest BCUT2D eigenvalue weighted by Crippen LogP contribution is -2.25. The summed E-state index contributed by atoms with van der Waals surface area (Å²) in [4.78, 5) is 20.4. The summed E-state index contributed by atoms with van der Waals surface area (Å²) in [6.07, 6.45) is 3.25. The first-order valence-electron chi connectivity index (χ1n) is 5.04. The maximum absolute atomic E-state index is 11.6. The van der Waals surface area contributed by atoms with Crippen molar-refractivity contribution in [2.24, 2.45) is 0 Å². The largest absolute Gasteiger partial charge is 0.390 e. The number of nitrogens with one attached hydrogen (secondary N) is 1. The summed E-state index contributed by atoms with van der Waals surface area (Å²) in [5.74, 6) is -0.635. The highest BCUT2D eigenvalue weighted by Crippen LogP contribution is 2.02. The van der Waals surface area contributed by atoms with Crippen molar-refractivity contribution in [2.45, 2.75) is 13.2 Å². The molecule has 2 aromatic heterocycles. The van der Waals surface area contributed by atoms with Gasteiger partial charge in [0.25, 0.3) is 5.91 Å². The molecule has 0 aromatic carbocycles. The van der Waals surface area contributed by atoms with Gasteiger partial charge in [-0.2, -0.15) is 0 Å². The molecule has 18 heavy (non-hydrogen) atoms. The molecule has 2 rings (SSSR count). The van der Waals surface area contributed by atoms with Gasteiger partial charge >= 0.3 is 0 Å². The summed E-state index contributed by atoms with van der Waals surface area (Å²) in [7, 11) is 0. The predicted octanol–water partition coefficient (Wildman–Crippen LogP) is -0.182. The number of hydroxylamine groups is 1. The third kappa shape index (κ3) is 2.87. The number of aliphatic hydroxyl groups excluding tert-OH is 1. The van der Waals surface area contributed by atoms with Crippen LogP contribution >= 0.6 is 0 Å². The molecule has 1 amide bonds. The van der Waals surface area contributed by atoms with Crippen LogP contribution in [0.2, 0.25) is 0 Å². The van der Waals surface area contributed by atoms with E-state index in [1.807, 2.05) is 0 Å². The van der Waals surface area contributed by atoms with E-state index in [1.165, 1.54) is 0 Å². The van der Waals surface area contributed by atoms with Gasteiger partial charge < -0.3 is 5.11 Å². The molecule has 8 nitrogen and oxygen atoms in total. The fraction of sp³-hybridized carbons (Fsp3) is 0.200. The van der Waals surface area contributed by atoms with E-state index in [2.05, 4.69) is 25.4 Å². The summed E-state index contributed by atoms with van der Waals surface area (Å²) in [5.41, 5.74) is 2.92. The Labute approximate surface area is 102 Å². The van der Waals surface area contributed by atoms with Crippen LogP contribution in [-0.2, 0) is 18.1 Å². The average molecular weight is 250 g/mol. The number of hydrogen-bond acceptors (Lipinski definition) is 7. The quantitative estimate of drug-likeness (QED) is 0.708. The molecular formula is C10H10N4O4. The van der Waals surface area contributed by atoms with Crippen molar-refractivity contribution in [3.8, 4) is 0 Å². The Hall–Kier alpha value is -2.32. The Morgan fingerprint density at radius 3 is 3.11 bits per heavy atom. The van der Waals surface area contributed by atoms with Crippen molar-refractivity contribution >= 4 is 5.91 Å². The van der Waals surface area contributed by atoms with Gasteiger partial charge in [-0.15, -0.1) is 0 Å². The molecule has 0 aliphatic heterocycles. The summed E-state index contributed by atoms with van der Waals surface area (Å²) >= 11 is 0. The zero-order valence-electron chi connectivity index (χ0n) is 9.24. The molecule has 0 unspecified atom stereocenters. The number of nitrogens with zero attached hydrogens (tertiary/aromatic N) is 3. The van der Waals surface area contributed by atoms with E-state index < -0.39 is 12.5 Å². The van der Waals surface area contributed by atoms with E-state index in [0.717, 1.165) is 5.56 Å². The number of hydrogen-bond donors (Lipinski definition) is 2. The van der Waals surface area contributed by atoms with Gasteiger partial charge in [0.2, 0.25) is 0 Å². The van der Waals surface area contributed by atoms with Crippen LogP contribution in [0, 0.1) is 0 Å². The monoisotopic (exact) mass is 250 g/mol. The number of pyridine rings is 1. The highest BCUT2D eigenvalue weighted by molar-refractivity contribution is 5.92. The Kier molecular flexibility index (Phi) is 3.94. The lowest BCUT2D eigenvalue weighted by molar-refractivity contribution is 0.0224. The van der Waals surface area contributed by atoms with Gasteiger partial charge in [-0.25, -0.2) is 10.1 Å². The first kappa shape index (κ1) is 12.1. The van der Waals surface area contributed by atoms with E-state index in [1.54, 1.807) is 24.5 Å². The highest BCUT2D eigenvalue weighted by Gasteiger charge is 2.17. The first-order chi connectivity index (χ1) is 8.81. The van der Waals surface area contributed by atoms with Crippen LogP contribution in [0.4, 0.5) is 0 Å². The van der Waals surface area contributed by atoms with Crippen molar-refractivity contribution in [1.29, 1.82) is 0 Å². The van der Waals surface area contributed by atoms with Crippen LogP contribution in [0.1, 0.15) is 21.7 Å². The number of amides is 1.